The minimum absolute atomic E-state index is 0.924. The van der Waals surface area contributed by atoms with Crippen LogP contribution in [0.4, 0.5) is 0 Å². The van der Waals surface area contributed by atoms with E-state index in [1.165, 1.54) is 71.1 Å². The zero-order chi connectivity index (χ0) is 30.9. The minimum Gasteiger partial charge on any atom is -0.455 e. The third-order valence-electron chi connectivity index (χ3n) is 9.88. The van der Waals surface area contributed by atoms with Crippen LogP contribution in [0.2, 0.25) is 0 Å². The zero-order valence-electron chi connectivity index (χ0n) is 25.6. The molecule has 0 aliphatic rings. The van der Waals surface area contributed by atoms with Crippen LogP contribution >= 0.6 is 0 Å². The lowest BCUT2D eigenvalue weighted by Gasteiger charge is -2.20. The molecular weight excluding hydrogens is 569 g/mol. The number of rotatable bonds is 3. The van der Waals surface area contributed by atoms with Crippen molar-refractivity contribution in [2.75, 3.05) is 0 Å². The number of hydrogen-bond donors (Lipinski definition) is 0. The quantitative estimate of drug-likeness (QED) is 0.185. The maximum Gasteiger partial charge on any atom is 0.143 e. The highest BCUT2D eigenvalue weighted by Crippen LogP contribution is 2.47. The van der Waals surface area contributed by atoms with Gasteiger partial charge >= 0.3 is 0 Å². The summed E-state index contributed by atoms with van der Waals surface area (Å²) in [5.41, 5.74) is 9.35. The maximum absolute atomic E-state index is 6.44. The van der Waals surface area contributed by atoms with E-state index in [4.69, 9.17) is 4.42 Å². The van der Waals surface area contributed by atoms with Crippen molar-refractivity contribution in [3.05, 3.63) is 170 Å². The van der Waals surface area contributed by atoms with Gasteiger partial charge in [0, 0.05) is 16.2 Å². The van der Waals surface area contributed by atoms with Crippen LogP contribution in [0.15, 0.2) is 174 Å². The Labute approximate surface area is 271 Å². The Morgan fingerprint density at radius 3 is 1.40 bits per heavy atom. The molecule has 0 atom stereocenters. The van der Waals surface area contributed by atoms with E-state index in [9.17, 15) is 0 Å². The monoisotopic (exact) mass is 596 g/mol. The van der Waals surface area contributed by atoms with Gasteiger partial charge in [-0.05, 0) is 83.2 Å². The van der Waals surface area contributed by atoms with Crippen molar-refractivity contribution < 1.29 is 4.42 Å². The topological polar surface area (TPSA) is 13.1 Å². The zero-order valence-corrected chi connectivity index (χ0v) is 25.6. The van der Waals surface area contributed by atoms with E-state index in [2.05, 4.69) is 164 Å². The predicted octanol–water partition coefficient (Wildman–Crippen LogP) is 13.2. The van der Waals surface area contributed by atoms with Gasteiger partial charge in [0.2, 0.25) is 0 Å². The second kappa shape index (κ2) is 10.2. The Morgan fingerprint density at radius 2 is 0.702 bits per heavy atom. The fourth-order valence-electron chi connectivity index (χ4n) is 7.86. The summed E-state index contributed by atoms with van der Waals surface area (Å²) in [5.74, 6) is 0. The normalized spacial score (nSPS) is 11.8. The van der Waals surface area contributed by atoms with Gasteiger partial charge in [-0.15, -0.1) is 0 Å². The van der Waals surface area contributed by atoms with Gasteiger partial charge in [0.15, 0.2) is 0 Å². The number of para-hydroxylation sites is 1. The van der Waals surface area contributed by atoms with Gasteiger partial charge in [-0.3, -0.25) is 0 Å². The van der Waals surface area contributed by atoms with Gasteiger partial charge < -0.3 is 4.42 Å². The molecule has 10 aromatic rings. The standard InChI is InChI=1S/C46H28O/c1-2-13-29(14-3-1)44-36-18-6-8-20-38(36)45(39-21-9-7-19-37(39)44)40-27-25-33(30-15-4-5-16-32(30)40)31-22-12-23-41-34(31)26-28-42-35-17-10-11-24-43(35)47-46(41)42/h1-28H. The van der Waals surface area contributed by atoms with Crippen LogP contribution in [0.25, 0.3) is 98.4 Å². The van der Waals surface area contributed by atoms with Crippen LogP contribution in [-0.4, -0.2) is 0 Å². The Hall–Kier alpha value is -6.18. The van der Waals surface area contributed by atoms with Gasteiger partial charge in [-0.2, -0.15) is 0 Å². The molecule has 0 amide bonds. The molecule has 0 aliphatic carbocycles. The third kappa shape index (κ3) is 3.84. The predicted molar refractivity (Wildman–Crippen MR) is 200 cm³/mol. The first-order valence-corrected chi connectivity index (χ1v) is 16.2. The molecule has 9 aromatic carbocycles. The summed E-state index contributed by atoms with van der Waals surface area (Å²) in [6.45, 7) is 0. The van der Waals surface area contributed by atoms with Crippen molar-refractivity contribution in [2.24, 2.45) is 0 Å². The summed E-state index contributed by atoms with van der Waals surface area (Å²) >= 11 is 0. The van der Waals surface area contributed by atoms with Crippen LogP contribution < -0.4 is 0 Å². The van der Waals surface area contributed by atoms with E-state index in [0.717, 1.165) is 27.3 Å². The summed E-state index contributed by atoms with van der Waals surface area (Å²) < 4.78 is 6.44. The lowest BCUT2D eigenvalue weighted by molar-refractivity contribution is 0.672. The summed E-state index contributed by atoms with van der Waals surface area (Å²) in [7, 11) is 0. The minimum atomic E-state index is 0.924. The first-order valence-electron chi connectivity index (χ1n) is 16.2. The van der Waals surface area contributed by atoms with Gasteiger partial charge in [0.05, 0.1) is 0 Å². The van der Waals surface area contributed by atoms with Crippen molar-refractivity contribution in [1.82, 2.24) is 0 Å². The Bertz CT molecular complexity index is 2780. The van der Waals surface area contributed by atoms with E-state index in [1.54, 1.807) is 0 Å². The molecule has 1 nitrogen and oxygen atoms in total. The number of hydrogen-bond acceptors (Lipinski definition) is 1. The fourth-order valence-corrected chi connectivity index (χ4v) is 7.86. The SMILES string of the molecule is c1ccc(-c2c3ccccc3c(-c3ccc(-c4cccc5c4ccc4c6ccccc6oc54)c4ccccc34)c3ccccc23)cc1. The molecule has 0 saturated heterocycles. The molecule has 0 fully saturated rings. The summed E-state index contributed by atoms with van der Waals surface area (Å²) in [4.78, 5) is 0. The number of furan rings is 1. The van der Waals surface area contributed by atoms with Gasteiger partial charge in [-0.25, -0.2) is 0 Å². The van der Waals surface area contributed by atoms with Crippen LogP contribution in [0.5, 0.6) is 0 Å². The molecule has 1 heteroatoms. The number of fused-ring (bicyclic) bond motifs is 8. The summed E-state index contributed by atoms with van der Waals surface area (Å²) in [6, 6.07) is 61.5. The Kier molecular flexibility index (Phi) is 5.64. The second-order valence-electron chi connectivity index (χ2n) is 12.4. The van der Waals surface area contributed by atoms with Crippen LogP contribution in [0, 0.1) is 0 Å². The lowest BCUT2D eigenvalue weighted by Crippen LogP contribution is -1.92. The van der Waals surface area contributed by atoms with Crippen molar-refractivity contribution in [3.63, 3.8) is 0 Å². The summed E-state index contributed by atoms with van der Waals surface area (Å²) in [5, 5.41) is 12.2. The van der Waals surface area contributed by atoms with E-state index >= 15 is 0 Å². The molecule has 47 heavy (non-hydrogen) atoms. The molecule has 0 bridgehead atoms. The maximum atomic E-state index is 6.44. The van der Waals surface area contributed by atoms with E-state index in [1.807, 2.05) is 6.07 Å². The third-order valence-corrected chi connectivity index (χ3v) is 9.88. The number of benzene rings is 9. The molecule has 218 valence electrons. The van der Waals surface area contributed by atoms with Crippen molar-refractivity contribution in [2.45, 2.75) is 0 Å². The van der Waals surface area contributed by atoms with Gasteiger partial charge in [0.25, 0.3) is 0 Å². The molecule has 0 aliphatic heterocycles. The van der Waals surface area contributed by atoms with E-state index in [0.29, 0.717) is 0 Å². The highest BCUT2D eigenvalue weighted by molar-refractivity contribution is 6.25. The molecule has 0 spiro atoms. The molecule has 0 saturated carbocycles. The first-order chi connectivity index (χ1) is 23.3. The average molecular weight is 597 g/mol. The van der Waals surface area contributed by atoms with Crippen LogP contribution in [0.3, 0.4) is 0 Å². The van der Waals surface area contributed by atoms with E-state index < -0.39 is 0 Å². The van der Waals surface area contributed by atoms with Crippen LogP contribution in [0.1, 0.15) is 0 Å². The fraction of sp³-hybridized carbons (Fsp3) is 0. The Morgan fingerprint density at radius 1 is 0.255 bits per heavy atom. The average Bonchev–Trinajstić information content (AvgIpc) is 3.53. The first kappa shape index (κ1) is 26.1. The smallest absolute Gasteiger partial charge is 0.143 e. The van der Waals surface area contributed by atoms with E-state index in [-0.39, 0.29) is 0 Å². The van der Waals surface area contributed by atoms with Crippen molar-refractivity contribution in [1.29, 1.82) is 0 Å². The second-order valence-corrected chi connectivity index (χ2v) is 12.4. The molecule has 1 heterocycles. The molecular formula is C46H28O. The highest BCUT2D eigenvalue weighted by Gasteiger charge is 2.20. The largest absolute Gasteiger partial charge is 0.455 e. The van der Waals surface area contributed by atoms with Gasteiger partial charge in [-0.1, -0.05) is 158 Å². The molecule has 0 radical (unpaired) electrons. The molecule has 1 aromatic heterocycles. The van der Waals surface area contributed by atoms with Crippen molar-refractivity contribution >= 4 is 65.0 Å². The molecule has 0 N–H and O–H groups in total. The lowest BCUT2D eigenvalue weighted by atomic mass is 9.83. The van der Waals surface area contributed by atoms with Crippen molar-refractivity contribution in [3.8, 4) is 33.4 Å². The highest BCUT2D eigenvalue weighted by atomic mass is 16.3. The molecule has 10 rings (SSSR count). The Balaban J connectivity index is 1.26. The van der Waals surface area contributed by atoms with Crippen LogP contribution in [-0.2, 0) is 0 Å². The molecule has 0 unspecified atom stereocenters. The summed E-state index contributed by atoms with van der Waals surface area (Å²) in [6.07, 6.45) is 0. The van der Waals surface area contributed by atoms with Gasteiger partial charge in [0.1, 0.15) is 11.2 Å².